The van der Waals surface area contributed by atoms with Crippen LogP contribution in [0.1, 0.15) is 38.4 Å². The number of benzene rings is 1. The monoisotopic (exact) mass is 251 g/mol. The summed E-state index contributed by atoms with van der Waals surface area (Å²) in [6.45, 7) is 5.57. The van der Waals surface area contributed by atoms with E-state index in [1.54, 1.807) is 6.07 Å². The fraction of sp³-hybridized carbons (Fsp3) is 0.600. The minimum absolute atomic E-state index is 0.177. The maximum atomic E-state index is 13.8. The quantitative estimate of drug-likeness (QED) is 0.803. The largest absolute Gasteiger partial charge is 0.372 e. The molecule has 0 radical (unpaired) electrons. The molecule has 1 unspecified atom stereocenters. The van der Waals surface area contributed by atoms with Crippen LogP contribution in [0.15, 0.2) is 24.3 Å². The van der Waals surface area contributed by atoms with Gasteiger partial charge in [0.25, 0.3) is 0 Å². The third kappa shape index (κ3) is 4.07. The minimum atomic E-state index is -0.186. The summed E-state index contributed by atoms with van der Waals surface area (Å²) in [5, 5.41) is 3.32. The molecular formula is C15H22FNO. The molecule has 1 atom stereocenters. The van der Waals surface area contributed by atoms with E-state index in [1.807, 2.05) is 12.1 Å². The Kier molecular flexibility index (Phi) is 4.72. The van der Waals surface area contributed by atoms with Crippen molar-refractivity contribution >= 4 is 0 Å². The van der Waals surface area contributed by atoms with E-state index >= 15 is 0 Å². The van der Waals surface area contributed by atoms with Gasteiger partial charge in [-0.05, 0) is 24.8 Å². The van der Waals surface area contributed by atoms with Crippen LogP contribution in [0.25, 0.3) is 0 Å². The van der Waals surface area contributed by atoms with Gasteiger partial charge in [0.2, 0.25) is 0 Å². The molecule has 18 heavy (non-hydrogen) atoms. The Morgan fingerprint density at radius 1 is 1.33 bits per heavy atom. The first kappa shape index (κ1) is 13.5. The van der Waals surface area contributed by atoms with Gasteiger partial charge in [-0.3, -0.25) is 0 Å². The van der Waals surface area contributed by atoms with Crippen molar-refractivity contribution in [3.8, 4) is 0 Å². The van der Waals surface area contributed by atoms with Crippen LogP contribution >= 0.6 is 0 Å². The molecule has 1 aromatic rings. The zero-order chi connectivity index (χ0) is 13.0. The van der Waals surface area contributed by atoms with Crippen LogP contribution in [0.4, 0.5) is 4.39 Å². The first-order chi connectivity index (χ1) is 8.66. The number of ether oxygens (including phenoxy) is 1. The van der Waals surface area contributed by atoms with E-state index in [0.29, 0.717) is 24.1 Å². The van der Waals surface area contributed by atoms with Crippen LogP contribution in [-0.4, -0.2) is 19.2 Å². The molecule has 0 heterocycles. The molecule has 0 aromatic heterocycles. The van der Waals surface area contributed by atoms with E-state index < -0.39 is 0 Å². The second-order valence-electron chi connectivity index (χ2n) is 5.35. The van der Waals surface area contributed by atoms with Gasteiger partial charge in [-0.25, -0.2) is 4.39 Å². The van der Waals surface area contributed by atoms with Crippen LogP contribution in [0, 0.1) is 11.7 Å². The zero-order valence-electron chi connectivity index (χ0n) is 11.2. The van der Waals surface area contributed by atoms with Gasteiger partial charge in [0.1, 0.15) is 5.82 Å². The van der Waals surface area contributed by atoms with Gasteiger partial charge < -0.3 is 10.1 Å². The van der Waals surface area contributed by atoms with E-state index in [-0.39, 0.29) is 11.9 Å². The number of rotatable bonds is 7. The highest BCUT2D eigenvalue weighted by atomic mass is 19.1. The van der Waals surface area contributed by atoms with Gasteiger partial charge in [-0.2, -0.15) is 0 Å². The van der Waals surface area contributed by atoms with Gasteiger partial charge in [0.05, 0.1) is 12.7 Å². The Labute approximate surface area is 109 Å². The van der Waals surface area contributed by atoms with E-state index in [4.69, 9.17) is 4.74 Å². The van der Waals surface area contributed by atoms with Gasteiger partial charge in [-0.1, -0.05) is 32.0 Å². The van der Waals surface area contributed by atoms with Crippen LogP contribution in [-0.2, 0) is 4.74 Å². The average Bonchev–Trinajstić information content (AvgIpc) is 3.14. The number of hydrogen-bond donors (Lipinski definition) is 1. The number of halogens is 1. The summed E-state index contributed by atoms with van der Waals surface area (Å²) < 4.78 is 19.7. The van der Waals surface area contributed by atoms with Crippen molar-refractivity contribution in [3.05, 3.63) is 35.6 Å². The van der Waals surface area contributed by atoms with Crippen molar-refractivity contribution in [2.75, 3.05) is 13.2 Å². The predicted octanol–water partition coefficient (Wildman–Crippen LogP) is 3.29. The van der Waals surface area contributed by atoms with Gasteiger partial charge >= 0.3 is 0 Å². The Hall–Kier alpha value is -0.930. The molecule has 0 amide bonds. The molecule has 1 N–H and O–H groups in total. The third-order valence-corrected chi connectivity index (χ3v) is 3.19. The highest BCUT2D eigenvalue weighted by Crippen LogP contribution is 2.31. The summed E-state index contributed by atoms with van der Waals surface area (Å²) in [6.07, 6.45) is 2.32. The first-order valence-electron chi connectivity index (χ1n) is 6.76. The smallest absolute Gasteiger partial charge is 0.129 e. The lowest BCUT2D eigenvalue weighted by atomic mass is 10.1. The molecule has 1 aliphatic rings. The fourth-order valence-corrected chi connectivity index (χ4v) is 1.87. The second kappa shape index (κ2) is 6.30. The summed E-state index contributed by atoms with van der Waals surface area (Å²) in [4.78, 5) is 0. The lowest BCUT2D eigenvalue weighted by Gasteiger charge is -2.21. The highest BCUT2D eigenvalue weighted by Gasteiger charge is 2.24. The second-order valence-corrected chi connectivity index (χ2v) is 5.35. The average molecular weight is 251 g/mol. The molecule has 1 fully saturated rings. The molecule has 1 saturated carbocycles. The third-order valence-electron chi connectivity index (χ3n) is 3.19. The van der Waals surface area contributed by atoms with Crippen LogP contribution in [0.5, 0.6) is 0 Å². The van der Waals surface area contributed by atoms with Crippen molar-refractivity contribution < 1.29 is 9.13 Å². The molecule has 2 rings (SSSR count). The molecule has 100 valence electrons. The Balaban J connectivity index is 1.99. The molecule has 0 spiro atoms. The van der Waals surface area contributed by atoms with Crippen molar-refractivity contribution in [2.45, 2.75) is 38.8 Å². The fourth-order valence-electron chi connectivity index (χ4n) is 1.87. The highest BCUT2D eigenvalue weighted by molar-refractivity contribution is 5.20. The molecule has 0 aliphatic heterocycles. The van der Waals surface area contributed by atoms with Crippen molar-refractivity contribution in [1.29, 1.82) is 0 Å². The molecule has 2 nitrogen and oxygen atoms in total. The maximum absolute atomic E-state index is 13.8. The Bertz CT molecular complexity index is 371. The summed E-state index contributed by atoms with van der Waals surface area (Å²) in [5.74, 6) is 0.516. The molecule has 1 aliphatic carbocycles. The maximum Gasteiger partial charge on any atom is 0.129 e. The zero-order valence-corrected chi connectivity index (χ0v) is 11.2. The van der Waals surface area contributed by atoms with E-state index in [9.17, 15) is 4.39 Å². The molecular weight excluding hydrogens is 229 g/mol. The van der Waals surface area contributed by atoms with Crippen LogP contribution in [0.3, 0.4) is 0 Å². The van der Waals surface area contributed by atoms with Gasteiger partial charge in [-0.15, -0.1) is 0 Å². The summed E-state index contributed by atoms with van der Waals surface area (Å²) >= 11 is 0. The Morgan fingerprint density at radius 2 is 2.06 bits per heavy atom. The van der Waals surface area contributed by atoms with E-state index in [0.717, 1.165) is 6.61 Å². The minimum Gasteiger partial charge on any atom is -0.372 e. The summed E-state index contributed by atoms with van der Waals surface area (Å²) in [7, 11) is 0. The number of hydrogen-bond acceptors (Lipinski definition) is 2. The van der Waals surface area contributed by atoms with E-state index in [1.165, 1.54) is 18.9 Å². The predicted molar refractivity (Wildman–Crippen MR) is 71.0 cm³/mol. The van der Waals surface area contributed by atoms with Crippen molar-refractivity contribution in [1.82, 2.24) is 5.32 Å². The van der Waals surface area contributed by atoms with Crippen LogP contribution in [0.2, 0.25) is 0 Å². The van der Waals surface area contributed by atoms with Gasteiger partial charge in [0.15, 0.2) is 0 Å². The molecule has 0 saturated heterocycles. The lowest BCUT2D eigenvalue weighted by Crippen LogP contribution is -2.30. The number of nitrogens with one attached hydrogen (secondary N) is 1. The van der Waals surface area contributed by atoms with Crippen molar-refractivity contribution in [2.24, 2.45) is 5.92 Å². The van der Waals surface area contributed by atoms with Crippen molar-refractivity contribution in [3.63, 3.8) is 0 Å². The normalized spacial score (nSPS) is 17.1. The molecule has 3 heteroatoms. The van der Waals surface area contributed by atoms with Gasteiger partial charge in [0, 0.05) is 18.2 Å². The SMILES string of the molecule is CC(C)NCC(OCC1CC1)c1ccccc1F. The summed E-state index contributed by atoms with van der Waals surface area (Å²) in [5.41, 5.74) is 0.659. The van der Waals surface area contributed by atoms with Crippen LogP contribution < -0.4 is 5.32 Å². The Morgan fingerprint density at radius 3 is 2.67 bits per heavy atom. The van der Waals surface area contributed by atoms with E-state index in [2.05, 4.69) is 19.2 Å². The first-order valence-corrected chi connectivity index (χ1v) is 6.76. The topological polar surface area (TPSA) is 21.3 Å². The molecule has 1 aromatic carbocycles. The lowest BCUT2D eigenvalue weighted by molar-refractivity contribution is 0.0417. The standard InChI is InChI=1S/C15H22FNO/c1-11(2)17-9-15(18-10-12-7-8-12)13-5-3-4-6-14(13)16/h3-6,11-12,15,17H,7-10H2,1-2H3. The summed E-state index contributed by atoms with van der Waals surface area (Å²) in [6, 6.07) is 7.27. The molecule has 0 bridgehead atoms.